The van der Waals surface area contributed by atoms with Crippen molar-refractivity contribution in [2.45, 2.75) is 31.2 Å². The molecule has 0 aromatic heterocycles. The first-order valence-corrected chi connectivity index (χ1v) is 5.30. The van der Waals surface area contributed by atoms with Crippen molar-refractivity contribution in [1.82, 2.24) is 0 Å². The lowest BCUT2D eigenvalue weighted by Crippen LogP contribution is -2.22. The molecule has 0 bridgehead atoms. The van der Waals surface area contributed by atoms with Gasteiger partial charge in [0.05, 0.1) is 0 Å². The van der Waals surface area contributed by atoms with Crippen molar-refractivity contribution in [2.75, 3.05) is 0 Å². The Bertz CT molecular complexity index is 365. The van der Waals surface area contributed by atoms with E-state index >= 15 is 0 Å². The predicted octanol–water partition coefficient (Wildman–Crippen LogP) is 3.04. The van der Waals surface area contributed by atoms with Crippen LogP contribution in [-0.4, -0.2) is 5.54 Å². The zero-order valence-corrected chi connectivity index (χ0v) is 8.95. The fourth-order valence-electron chi connectivity index (χ4n) is 1.60. The topological polar surface area (TPSA) is 26.0 Å². The summed E-state index contributed by atoms with van der Waals surface area (Å²) in [7, 11) is 0. The van der Waals surface area contributed by atoms with Crippen LogP contribution < -0.4 is 5.73 Å². The molecule has 1 aromatic carbocycles. The molecule has 1 saturated carbocycles. The molecule has 82 valence electrons. The molecule has 0 unspecified atom stereocenters. The van der Waals surface area contributed by atoms with E-state index in [0.29, 0.717) is 12.8 Å². The Morgan fingerprint density at radius 3 is 2.27 bits per heavy atom. The minimum absolute atomic E-state index is 0.0858. The van der Waals surface area contributed by atoms with Crippen molar-refractivity contribution in [1.29, 1.82) is 0 Å². The maximum absolute atomic E-state index is 13.3. The van der Waals surface area contributed by atoms with Gasteiger partial charge in [-0.25, -0.2) is 8.78 Å². The van der Waals surface area contributed by atoms with Crippen LogP contribution in [0.15, 0.2) is 12.1 Å². The molecule has 0 spiro atoms. The van der Waals surface area contributed by atoms with Crippen molar-refractivity contribution in [2.24, 2.45) is 5.73 Å². The third-order valence-electron chi connectivity index (χ3n) is 2.87. The highest BCUT2D eigenvalue weighted by Gasteiger charge is 2.37. The second kappa shape index (κ2) is 3.72. The number of halogens is 3. The Kier molecular flexibility index (Phi) is 2.69. The van der Waals surface area contributed by atoms with Gasteiger partial charge in [0, 0.05) is 16.1 Å². The molecule has 1 fully saturated rings. The minimum Gasteiger partial charge on any atom is -0.325 e. The van der Waals surface area contributed by atoms with Crippen molar-refractivity contribution >= 4 is 11.6 Å². The smallest absolute Gasteiger partial charge is 0.130 e. The van der Waals surface area contributed by atoms with Crippen molar-refractivity contribution in [3.8, 4) is 0 Å². The summed E-state index contributed by atoms with van der Waals surface area (Å²) in [6.07, 6.45) is 2.86. The van der Waals surface area contributed by atoms with Gasteiger partial charge in [0.1, 0.15) is 11.6 Å². The van der Waals surface area contributed by atoms with Crippen LogP contribution >= 0.6 is 11.6 Å². The molecule has 2 rings (SSSR count). The first kappa shape index (κ1) is 10.8. The Hall–Kier alpha value is -0.670. The van der Waals surface area contributed by atoms with Gasteiger partial charge in [0.2, 0.25) is 0 Å². The lowest BCUT2D eigenvalue weighted by molar-refractivity contribution is 0.529. The zero-order valence-electron chi connectivity index (χ0n) is 8.19. The van der Waals surface area contributed by atoms with E-state index in [0.717, 1.165) is 25.0 Å². The quantitative estimate of drug-likeness (QED) is 0.850. The fraction of sp³-hybridized carbons (Fsp3) is 0.455. The van der Waals surface area contributed by atoms with Gasteiger partial charge < -0.3 is 5.73 Å². The van der Waals surface area contributed by atoms with Gasteiger partial charge >= 0.3 is 0 Å². The molecule has 2 N–H and O–H groups in total. The highest BCUT2D eigenvalue weighted by atomic mass is 35.5. The van der Waals surface area contributed by atoms with Crippen LogP contribution in [0.4, 0.5) is 8.78 Å². The van der Waals surface area contributed by atoms with E-state index in [1.165, 1.54) is 0 Å². The summed E-state index contributed by atoms with van der Waals surface area (Å²) in [6.45, 7) is 0. The maximum Gasteiger partial charge on any atom is 0.130 e. The van der Waals surface area contributed by atoms with Crippen LogP contribution in [0.3, 0.4) is 0 Å². The van der Waals surface area contributed by atoms with Crippen molar-refractivity contribution in [3.63, 3.8) is 0 Å². The van der Waals surface area contributed by atoms with E-state index in [-0.39, 0.29) is 16.1 Å². The van der Waals surface area contributed by atoms with Crippen LogP contribution in [-0.2, 0) is 6.42 Å². The summed E-state index contributed by atoms with van der Waals surface area (Å²) >= 11 is 5.52. The molecule has 0 saturated heterocycles. The summed E-state index contributed by atoms with van der Waals surface area (Å²) in [5.74, 6) is -1.16. The molecule has 1 aromatic rings. The second-order valence-corrected chi connectivity index (χ2v) is 4.65. The first-order valence-electron chi connectivity index (χ1n) is 4.92. The van der Waals surface area contributed by atoms with E-state index < -0.39 is 11.6 Å². The Morgan fingerprint density at radius 2 is 1.80 bits per heavy atom. The SMILES string of the molecule is NC1(CCc2c(F)cc(Cl)cc2F)CC1. The van der Waals surface area contributed by atoms with Crippen LogP contribution in [0.2, 0.25) is 5.02 Å². The maximum atomic E-state index is 13.3. The Balaban J connectivity index is 2.13. The zero-order chi connectivity index (χ0) is 11.1. The van der Waals surface area contributed by atoms with Gasteiger partial charge in [0.15, 0.2) is 0 Å². The molecule has 0 atom stereocenters. The summed E-state index contributed by atoms with van der Waals surface area (Å²) in [5.41, 5.74) is 5.77. The van der Waals surface area contributed by atoms with Crippen LogP contribution in [0, 0.1) is 11.6 Å². The van der Waals surface area contributed by atoms with E-state index in [4.69, 9.17) is 17.3 Å². The van der Waals surface area contributed by atoms with E-state index in [1.54, 1.807) is 0 Å². The predicted molar refractivity (Wildman–Crippen MR) is 55.8 cm³/mol. The summed E-state index contributed by atoms with van der Waals surface area (Å²) in [4.78, 5) is 0. The highest BCUT2D eigenvalue weighted by molar-refractivity contribution is 6.30. The van der Waals surface area contributed by atoms with Gasteiger partial charge in [-0.2, -0.15) is 0 Å². The van der Waals surface area contributed by atoms with Crippen molar-refractivity contribution in [3.05, 3.63) is 34.4 Å². The monoisotopic (exact) mass is 231 g/mol. The Labute approximate surface area is 92.2 Å². The van der Waals surface area contributed by atoms with E-state index in [9.17, 15) is 8.78 Å². The molecule has 1 aliphatic rings. The first-order chi connectivity index (χ1) is 7.00. The number of hydrogen-bond donors (Lipinski definition) is 1. The number of hydrogen-bond acceptors (Lipinski definition) is 1. The van der Waals surface area contributed by atoms with Crippen LogP contribution in [0.1, 0.15) is 24.8 Å². The second-order valence-electron chi connectivity index (χ2n) is 4.21. The van der Waals surface area contributed by atoms with Gasteiger partial charge in [-0.15, -0.1) is 0 Å². The van der Waals surface area contributed by atoms with Gasteiger partial charge in [-0.1, -0.05) is 11.6 Å². The van der Waals surface area contributed by atoms with Crippen molar-refractivity contribution < 1.29 is 8.78 Å². The molecule has 0 amide bonds. The van der Waals surface area contributed by atoms with Gasteiger partial charge in [0.25, 0.3) is 0 Å². The van der Waals surface area contributed by atoms with Crippen LogP contribution in [0.25, 0.3) is 0 Å². The molecule has 1 aliphatic carbocycles. The number of benzene rings is 1. The third-order valence-corrected chi connectivity index (χ3v) is 3.09. The average Bonchev–Trinajstić information content (AvgIpc) is 2.82. The molecule has 0 heterocycles. The molecule has 4 heteroatoms. The largest absolute Gasteiger partial charge is 0.325 e. The van der Waals surface area contributed by atoms with E-state index in [1.807, 2.05) is 0 Å². The summed E-state index contributed by atoms with van der Waals surface area (Å²) in [5, 5.41) is 0.0858. The number of nitrogens with two attached hydrogens (primary N) is 1. The molecular weight excluding hydrogens is 220 g/mol. The molecule has 15 heavy (non-hydrogen) atoms. The normalized spacial score (nSPS) is 17.9. The van der Waals surface area contributed by atoms with Crippen LogP contribution in [0.5, 0.6) is 0 Å². The number of rotatable bonds is 3. The molecule has 0 radical (unpaired) electrons. The minimum atomic E-state index is -0.579. The molecular formula is C11H12ClF2N. The molecule has 0 aliphatic heterocycles. The fourth-order valence-corrected chi connectivity index (χ4v) is 1.79. The molecule has 1 nitrogen and oxygen atoms in total. The average molecular weight is 232 g/mol. The third kappa shape index (κ3) is 2.47. The van der Waals surface area contributed by atoms with E-state index in [2.05, 4.69) is 0 Å². The van der Waals surface area contributed by atoms with Gasteiger partial charge in [-0.3, -0.25) is 0 Å². The standard InChI is InChI=1S/C11H12ClF2N/c12-7-5-9(13)8(10(14)6-7)1-2-11(15)3-4-11/h5-6H,1-4,15H2. The summed E-state index contributed by atoms with van der Waals surface area (Å²) in [6, 6.07) is 2.27. The highest BCUT2D eigenvalue weighted by Crippen LogP contribution is 2.37. The lowest BCUT2D eigenvalue weighted by Gasteiger charge is -2.09. The Morgan fingerprint density at radius 1 is 1.27 bits per heavy atom. The summed E-state index contributed by atoms with van der Waals surface area (Å²) < 4.78 is 26.7. The van der Waals surface area contributed by atoms with Gasteiger partial charge in [-0.05, 0) is 37.8 Å². The lowest BCUT2D eigenvalue weighted by atomic mass is 10.0.